The largest absolute Gasteiger partial charge is 0.383 e. The molecule has 1 heterocycles. The molecule has 0 aliphatic rings. The Balaban J connectivity index is 2.18. The lowest BCUT2D eigenvalue weighted by Gasteiger charge is -2.15. The van der Waals surface area contributed by atoms with Crippen LogP contribution in [-0.2, 0) is 4.74 Å². The molecule has 20 heavy (non-hydrogen) atoms. The number of ether oxygens (including phenoxy) is 1. The Morgan fingerprint density at radius 2 is 1.90 bits per heavy atom. The molecular formula is C16H23N3O. The van der Waals surface area contributed by atoms with Gasteiger partial charge < -0.3 is 10.1 Å². The van der Waals surface area contributed by atoms with Gasteiger partial charge in [-0.2, -0.15) is 0 Å². The number of hydrogen-bond donors (Lipinski definition) is 1. The van der Waals surface area contributed by atoms with E-state index in [-0.39, 0.29) is 6.04 Å². The van der Waals surface area contributed by atoms with E-state index >= 15 is 0 Å². The van der Waals surface area contributed by atoms with Crippen molar-refractivity contribution in [2.24, 2.45) is 0 Å². The molecule has 0 radical (unpaired) electrons. The summed E-state index contributed by atoms with van der Waals surface area (Å²) in [6.07, 6.45) is 3.77. The molecular weight excluding hydrogens is 250 g/mol. The van der Waals surface area contributed by atoms with E-state index in [0.29, 0.717) is 12.5 Å². The minimum Gasteiger partial charge on any atom is -0.383 e. The second-order valence-corrected chi connectivity index (χ2v) is 5.37. The van der Waals surface area contributed by atoms with Crippen LogP contribution in [0.1, 0.15) is 32.3 Å². The summed E-state index contributed by atoms with van der Waals surface area (Å²) in [7, 11) is 1.70. The molecule has 1 atom stereocenters. The molecule has 4 nitrogen and oxygen atoms in total. The van der Waals surface area contributed by atoms with Gasteiger partial charge in [-0.3, -0.25) is 4.57 Å². The summed E-state index contributed by atoms with van der Waals surface area (Å²) >= 11 is 0. The van der Waals surface area contributed by atoms with Gasteiger partial charge >= 0.3 is 0 Å². The molecule has 108 valence electrons. The molecule has 2 rings (SSSR count). The number of rotatable bonds is 6. The Morgan fingerprint density at radius 1 is 1.20 bits per heavy atom. The summed E-state index contributed by atoms with van der Waals surface area (Å²) in [5, 5.41) is 3.35. The van der Waals surface area contributed by atoms with Crippen LogP contribution >= 0.6 is 0 Å². The van der Waals surface area contributed by atoms with E-state index in [0.717, 1.165) is 11.6 Å². The molecule has 0 bridgehead atoms. The lowest BCUT2D eigenvalue weighted by atomic mass is 10.0. The third-order valence-corrected chi connectivity index (χ3v) is 3.27. The standard InChI is InChI=1S/C16H23N3O/c1-12(2)14-5-7-15(8-6-14)19-10-9-17-16(19)18-13(3)11-20-4/h5-10,12-13H,11H2,1-4H3,(H,17,18). The van der Waals surface area contributed by atoms with Crippen molar-refractivity contribution in [3.05, 3.63) is 42.2 Å². The van der Waals surface area contributed by atoms with Gasteiger partial charge in [0.25, 0.3) is 0 Å². The van der Waals surface area contributed by atoms with Crippen molar-refractivity contribution < 1.29 is 4.74 Å². The Morgan fingerprint density at radius 3 is 2.50 bits per heavy atom. The van der Waals surface area contributed by atoms with Crippen molar-refractivity contribution in [3.63, 3.8) is 0 Å². The summed E-state index contributed by atoms with van der Waals surface area (Å²) in [5.74, 6) is 1.39. The van der Waals surface area contributed by atoms with Crippen LogP contribution in [0.5, 0.6) is 0 Å². The Kier molecular flexibility index (Phi) is 4.79. The molecule has 0 aliphatic heterocycles. The first kappa shape index (κ1) is 14.6. The number of aromatic nitrogens is 2. The van der Waals surface area contributed by atoms with Crippen molar-refractivity contribution in [1.29, 1.82) is 0 Å². The molecule has 0 aliphatic carbocycles. The zero-order chi connectivity index (χ0) is 14.5. The van der Waals surface area contributed by atoms with E-state index in [1.54, 1.807) is 13.3 Å². The monoisotopic (exact) mass is 273 g/mol. The normalized spacial score (nSPS) is 12.7. The predicted molar refractivity (Wildman–Crippen MR) is 82.6 cm³/mol. The van der Waals surface area contributed by atoms with Crippen molar-refractivity contribution in [1.82, 2.24) is 9.55 Å². The van der Waals surface area contributed by atoms with Gasteiger partial charge in [0, 0.05) is 31.2 Å². The molecule has 4 heteroatoms. The molecule has 0 spiro atoms. The number of benzene rings is 1. The first-order valence-corrected chi connectivity index (χ1v) is 7.01. The number of methoxy groups -OCH3 is 1. The fourth-order valence-corrected chi connectivity index (χ4v) is 2.15. The van der Waals surface area contributed by atoms with Crippen LogP contribution in [-0.4, -0.2) is 29.3 Å². The molecule has 1 aromatic heterocycles. The van der Waals surface area contributed by atoms with E-state index in [4.69, 9.17) is 4.74 Å². The third-order valence-electron chi connectivity index (χ3n) is 3.27. The molecule has 0 saturated carbocycles. The van der Waals surface area contributed by atoms with Gasteiger partial charge in [0.1, 0.15) is 0 Å². The van der Waals surface area contributed by atoms with Crippen molar-refractivity contribution in [2.75, 3.05) is 19.0 Å². The van der Waals surface area contributed by atoms with Crippen LogP contribution < -0.4 is 5.32 Å². The van der Waals surface area contributed by atoms with Gasteiger partial charge in [-0.25, -0.2) is 4.98 Å². The average Bonchev–Trinajstić information content (AvgIpc) is 2.87. The summed E-state index contributed by atoms with van der Waals surface area (Å²) in [6.45, 7) is 7.13. The van der Waals surface area contributed by atoms with Gasteiger partial charge in [0.2, 0.25) is 5.95 Å². The van der Waals surface area contributed by atoms with Crippen molar-refractivity contribution in [2.45, 2.75) is 32.7 Å². The number of hydrogen-bond acceptors (Lipinski definition) is 3. The maximum Gasteiger partial charge on any atom is 0.207 e. The minimum atomic E-state index is 0.219. The average molecular weight is 273 g/mol. The minimum absolute atomic E-state index is 0.219. The molecule has 1 aromatic carbocycles. The smallest absolute Gasteiger partial charge is 0.207 e. The molecule has 1 N–H and O–H groups in total. The van der Waals surface area contributed by atoms with Gasteiger partial charge in [-0.05, 0) is 30.5 Å². The van der Waals surface area contributed by atoms with Crippen LogP contribution in [0.3, 0.4) is 0 Å². The van der Waals surface area contributed by atoms with Crippen LogP contribution in [0.15, 0.2) is 36.7 Å². The first-order valence-electron chi connectivity index (χ1n) is 7.01. The fraction of sp³-hybridized carbons (Fsp3) is 0.438. The highest BCUT2D eigenvalue weighted by Crippen LogP contribution is 2.19. The number of nitrogens with zero attached hydrogens (tertiary/aromatic N) is 2. The van der Waals surface area contributed by atoms with Gasteiger partial charge in [0.05, 0.1) is 6.61 Å². The van der Waals surface area contributed by atoms with E-state index in [1.165, 1.54) is 5.56 Å². The van der Waals surface area contributed by atoms with Crippen molar-refractivity contribution >= 4 is 5.95 Å². The highest BCUT2D eigenvalue weighted by molar-refractivity contribution is 5.43. The molecule has 0 saturated heterocycles. The highest BCUT2D eigenvalue weighted by Gasteiger charge is 2.08. The SMILES string of the molecule is COCC(C)Nc1nccn1-c1ccc(C(C)C)cc1. The van der Waals surface area contributed by atoms with Crippen LogP contribution in [0.4, 0.5) is 5.95 Å². The summed E-state index contributed by atoms with van der Waals surface area (Å²) in [5.41, 5.74) is 2.45. The molecule has 1 unspecified atom stereocenters. The second-order valence-electron chi connectivity index (χ2n) is 5.37. The lowest BCUT2D eigenvalue weighted by Crippen LogP contribution is -2.22. The maximum absolute atomic E-state index is 5.14. The number of anilines is 1. The van der Waals surface area contributed by atoms with E-state index in [9.17, 15) is 0 Å². The zero-order valence-corrected chi connectivity index (χ0v) is 12.6. The zero-order valence-electron chi connectivity index (χ0n) is 12.6. The Labute approximate surface area is 120 Å². The summed E-state index contributed by atoms with van der Waals surface area (Å²) < 4.78 is 7.19. The highest BCUT2D eigenvalue weighted by atomic mass is 16.5. The fourth-order valence-electron chi connectivity index (χ4n) is 2.15. The Bertz CT molecular complexity index is 531. The van der Waals surface area contributed by atoms with E-state index in [2.05, 4.69) is 59.9 Å². The third kappa shape index (κ3) is 3.39. The topological polar surface area (TPSA) is 39.1 Å². The molecule has 0 fully saturated rings. The van der Waals surface area contributed by atoms with Crippen LogP contribution in [0.2, 0.25) is 0 Å². The van der Waals surface area contributed by atoms with E-state index in [1.807, 2.05) is 6.20 Å². The summed E-state index contributed by atoms with van der Waals surface area (Å²) in [4.78, 5) is 4.37. The van der Waals surface area contributed by atoms with Crippen LogP contribution in [0.25, 0.3) is 5.69 Å². The van der Waals surface area contributed by atoms with Gasteiger partial charge in [-0.15, -0.1) is 0 Å². The quantitative estimate of drug-likeness (QED) is 0.876. The summed E-state index contributed by atoms with van der Waals surface area (Å²) in [6, 6.07) is 8.81. The second kappa shape index (κ2) is 6.57. The van der Waals surface area contributed by atoms with Crippen LogP contribution in [0, 0.1) is 0 Å². The molecule has 2 aromatic rings. The Hall–Kier alpha value is -1.81. The first-order chi connectivity index (χ1) is 9.61. The number of nitrogens with one attached hydrogen (secondary N) is 1. The lowest BCUT2D eigenvalue weighted by molar-refractivity contribution is 0.190. The molecule has 0 amide bonds. The van der Waals surface area contributed by atoms with Gasteiger partial charge in [0.15, 0.2) is 0 Å². The number of imidazole rings is 1. The van der Waals surface area contributed by atoms with E-state index < -0.39 is 0 Å². The van der Waals surface area contributed by atoms with Gasteiger partial charge in [-0.1, -0.05) is 26.0 Å². The predicted octanol–water partition coefficient (Wildman–Crippen LogP) is 3.44. The van der Waals surface area contributed by atoms with Crippen molar-refractivity contribution in [3.8, 4) is 5.69 Å². The maximum atomic E-state index is 5.14.